The molecule has 17 heteroatoms. The number of hydrogen-bond acceptors (Lipinski definition) is 10. The predicted octanol–water partition coefficient (Wildman–Crippen LogP) is 3.59. The van der Waals surface area contributed by atoms with Crippen LogP contribution in [0.3, 0.4) is 0 Å². The van der Waals surface area contributed by atoms with Crippen LogP contribution in [-0.2, 0) is 19.9 Å². The van der Waals surface area contributed by atoms with Crippen molar-refractivity contribution in [1.82, 2.24) is 25.6 Å². The molecule has 1 saturated carbocycles. The Bertz CT molecular complexity index is 1570. The van der Waals surface area contributed by atoms with Crippen molar-refractivity contribution >= 4 is 52.8 Å². The molecule has 2 amide bonds. The van der Waals surface area contributed by atoms with Crippen molar-refractivity contribution in [2.45, 2.75) is 43.4 Å². The third-order valence-electron chi connectivity index (χ3n) is 6.62. The number of hydrogen-bond donors (Lipinski definition) is 5. The Kier molecular flexibility index (Phi) is 10.1. The summed E-state index contributed by atoms with van der Waals surface area (Å²) in [6, 6.07) is 10.7. The molecule has 1 fully saturated rings. The highest BCUT2D eigenvalue weighted by Gasteiger charge is 2.45. The normalized spacial score (nSPS) is 14.1. The molecule has 45 heavy (non-hydrogen) atoms. The van der Waals surface area contributed by atoms with E-state index < -0.39 is 60.4 Å². The van der Waals surface area contributed by atoms with Gasteiger partial charge in [-0.05, 0) is 61.2 Å². The van der Waals surface area contributed by atoms with Crippen LogP contribution in [0.15, 0.2) is 48.5 Å². The number of likely N-dealkylation sites (N-methyl/N-ethyl adjacent to an activating group) is 1. The van der Waals surface area contributed by atoms with Gasteiger partial charge in [-0.25, -0.2) is 4.79 Å². The van der Waals surface area contributed by atoms with E-state index in [-0.39, 0.29) is 23.9 Å². The van der Waals surface area contributed by atoms with E-state index in [4.69, 9.17) is 16.3 Å². The lowest BCUT2D eigenvalue weighted by Crippen LogP contribution is -2.41. The summed E-state index contributed by atoms with van der Waals surface area (Å²) in [4.78, 5) is 59.5. The van der Waals surface area contributed by atoms with Gasteiger partial charge in [0, 0.05) is 29.7 Å². The van der Waals surface area contributed by atoms with Crippen molar-refractivity contribution in [3.8, 4) is 6.01 Å². The third-order valence-corrected chi connectivity index (χ3v) is 6.88. The molecule has 5 N–H and O–H groups in total. The molecule has 1 heterocycles. The topological polar surface area (TPSA) is 185 Å². The van der Waals surface area contributed by atoms with E-state index in [1.54, 1.807) is 12.1 Å². The summed E-state index contributed by atoms with van der Waals surface area (Å²) in [5.74, 6) is -4.04. The summed E-state index contributed by atoms with van der Waals surface area (Å²) in [6.07, 6.45) is -3.92. The second-order valence-electron chi connectivity index (χ2n) is 9.99. The Morgan fingerprint density at radius 3 is 2.22 bits per heavy atom. The largest absolute Gasteiger partial charge is 0.480 e. The van der Waals surface area contributed by atoms with E-state index in [0.717, 1.165) is 5.56 Å². The van der Waals surface area contributed by atoms with Crippen LogP contribution in [0.4, 0.5) is 30.8 Å². The van der Waals surface area contributed by atoms with E-state index in [9.17, 15) is 37.5 Å². The lowest BCUT2D eigenvalue weighted by atomic mass is 10.1. The average molecular weight is 650 g/mol. The number of carbonyl (C=O) groups excluding carboxylic acids is 3. The average Bonchev–Trinajstić information content (AvgIpc) is 3.77. The van der Waals surface area contributed by atoms with Crippen molar-refractivity contribution in [2.24, 2.45) is 0 Å². The number of Topliss-reactive ketones (excluding diaryl/α,β-unsaturated/α-hetero) is 1. The molecule has 1 aliphatic rings. The lowest BCUT2D eigenvalue weighted by molar-refractivity contribution is -0.154. The Labute approximate surface area is 258 Å². The van der Waals surface area contributed by atoms with Crippen molar-refractivity contribution < 1.29 is 42.2 Å². The number of nitrogens with zero attached hydrogens (tertiary/aromatic N) is 3. The van der Waals surface area contributed by atoms with Gasteiger partial charge in [-0.2, -0.15) is 28.1 Å². The first-order valence-electron chi connectivity index (χ1n) is 13.4. The highest BCUT2D eigenvalue weighted by molar-refractivity contribution is 6.36. The Balaban J connectivity index is 1.47. The number of rotatable bonds is 14. The minimum atomic E-state index is -4.63. The van der Waals surface area contributed by atoms with Gasteiger partial charge in [0.2, 0.25) is 17.7 Å². The Morgan fingerprint density at radius 2 is 1.64 bits per heavy atom. The molecular weight excluding hydrogens is 623 g/mol. The van der Waals surface area contributed by atoms with Gasteiger partial charge in [0.05, 0.1) is 5.54 Å². The zero-order chi connectivity index (χ0) is 32.8. The smallest absolute Gasteiger partial charge is 0.422 e. The maximum absolute atomic E-state index is 12.8. The number of amides is 2. The molecule has 2 aromatic carbocycles. The van der Waals surface area contributed by atoms with Crippen LogP contribution in [0, 0.1) is 0 Å². The van der Waals surface area contributed by atoms with Crippen LogP contribution in [0.2, 0.25) is 5.02 Å². The number of halogens is 4. The number of alkyl halides is 3. The van der Waals surface area contributed by atoms with Crippen LogP contribution < -0.4 is 26.0 Å². The Morgan fingerprint density at radius 1 is 1.00 bits per heavy atom. The Hall–Kier alpha value is -4.99. The van der Waals surface area contributed by atoms with Gasteiger partial charge in [0.25, 0.3) is 11.8 Å². The van der Waals surface area contributed by atoms with Gasteiger partial charge in [0.15, 0.2) is 6.61 Å². The number of carboxylic acids is 1. The molecule has 0 saturated heterocycles. The zero-order valence-electron chi connectivity index (χ0n) is 23.6. The molecule has 4 rings (SSSR count). The standard InChI is InChI=1S/C28H27ClF3N7O6/c1-33-22(42)20(40)11-10-19(23(43)44)35-21(41)15-2-8-18(9-3-15)34-24-36-25(38-26(37-24)45-14-28(30,31)32)39-27(12-13-27)16-4-6-17(29)7-5-16/h2-9,19H,10-14H2,1H3,(H,33,42)(H,35,41)(H,43,44)(H2,34,36,37,38,39)/t19-/m0/s1. The summed E-state index contributed by atoms with van der Waals surface area (Å²) in [5, 5.41) is 20.4. The van der Waals surface area contributed by atoms with Crippen LogP contribution in [-0.4, -0.2) is 69.5 Å². The number of carbonyl (C=O) groups is 4. The molecule has 238 valence electrons. The monoisotopic (exact) mass is 649 g/mol. The van der Waals surface area contributed by atoms with E-state index in [1.165, 1.54) is 31.3 Å². The molecule has 0 bridgehead atoms. The van der Waals surface area contributed by atoms with Crippen molar-refractivity contribution in [3.63, 3.8) is 0 Å². The number of ketones is 1. The van der Waals surface area contributed by atoms with Crippen LogP contribution in [0.5, 0.6) is 6.01 Å². The summed E-state index contributed by atoms with van der Waals surface area (Å²) >= 11 is 5.99. The molecule has 0 radical (unpaired) electrons. The maximum atomic E-state index is 12.8. The lowest BCUT2D eigenvalue weighted by Gasteiger charge is -2.19. The first-order valence-corrected chi connectivity index (χ1v) is 13.8. The van der Waals surface area contributed by atoms with Crippen LogP contribution in [0.25, 0.3) is 0 Å². The van der Waals surface area contributed by atoms with Gasteiger partial charge in [-0.3, -0.25) is 14.4 Å². The molecule has 1 aliphatic carbocycles. The number of ether oxygens (including phenoxy) is 1. The third kappa shape index (κ3) is 9.25. The zero-order valence-corrected chi connectivity index (χ0v) is 24.3. The molecule has 1 aromatic heterocycles. The maximum Gasteiger partial charge on any atom is 0.422 e. The highest BCUT2D eigenvalue weighted by Crippen LogP contribution is 2.48. The molecule has 0 spiro atoms. The summed E-state index contributed by atoms with van der Waals surface area (Å²) in [5.41, 5.74) is 0.727. The van der Waals surface area contributed by atoms with Crippen LogP contribution in [0.1, 0.15) is 41.6 Å². The van der Waals surface area contributed by atoms with E-state index in [2.05, 4.69) is 36.2 Å². The van der Waals surface area contributed by atoms with Crippen molar-refractivity contribution in [2.75, 3.05) is 24.3 Å². The first-order chi connectivity index (χ1) is 21.3. The second kappa shape index (κ2) is 13.8. The molecule has 3 aromatic rings. The first kappa shape index (κ1) is 32.9. The summed E-state index contributed by atoms with van der Waals surface area (Å²) < 4.78 is 43.3. The summed E-state index contributed by atoms with van der Waals surface area (Å²) in [7, 11) is 1.26. The minimum Gasteiger partial charge on any atom is -0.480 e. The number of anilines is 3. The highest BCUT2D eigenvalue weighted by atomic mass is 35.5. The van der Waals surface area contributed by atoms with Crippen molar-refractivity contribution in [1.29, 1.82) is 0 Å². The molecule has 1 atom stereocenters. The second-order valence-corrected chi connectivity index (χ2v) is 10.4. The predicted molar refractivity (Wildman–Crippen MR) is 154 cm³/mol. The molecule has 0 aliphatic heterocycles. The fraction of sp³-hybridized carbons (Fsp3) is 0.321. The SMILES string of the molecule is CNC(=O)C(=O)CC[C@H](NC(=O)c1ccc(Nc2nc(NC3(c4ccc(Cl)cc4)CC3)nc(OCC(F)(F)F)n2)cc1)C(=O)O. The minimum absolute atomic E-state index is 0.0391. The van der Waals surface area contributed by atoms with Crippen molar-refractivity contribution in [3.05, 3.63) is 64.7 Å². The summed E-state index contributed by atoms with van der Waals surface area (Å²) in [6.45, 7) is -1.63. The molecule has 13 nitrogen and oxygen atoms in total. The molecular formula is C28H27ClF3N7O6. The van der Waals surface area contributed by atoms with E-state index in [1.807, 2.05) is 12.1 Å². The quantitative estimate of drug-likeness (QED) is 0.161. The number of benzene rings is 2. The van der Waals surface area contributed by atoms with Gasteiger partial charge in [-0.15, -0.1) is 0 Å². The molecule has 0 unspecified atom stereocenters. The fourth-order valence-electron chi connectivity index (χ4n) is 4.13. The van der Waals surface area contributed by atoms with E-state index in [0.29, 0.717) is 23.6 Å². The number of nitrogens with one attached hydrogen (secondary N) is 4. The number of carboxylic acid groups (broad SMARTS) is 1. The van der Waals surface area contributed by atoms with Gasteiger partial charge in [0.1, 0.15) is 6.04 Å². The fourth-order valence-corrected chi connectivity index (χ4v) is 4.26. The number of aliphatic carboxylic acids is 1. The van der Waals surface area contributed by atoms with Crippen LogP contribution >= 0.6 is 11.6 Å². The van der Waals surface area contributed by atoms with E-state index >= 15 is 0 Å². The van der Waals surface area contributed by atoms with Gasteiger partial charge < -0.3 is 31.1 Å². The van der Waals surface area contributed by atoms with Gasteiger partial charge >= 0.3 is 18.2 Å². The van der Waals surface area contributed by atoms with Gasteiger partial charge in [-0.1, -0.05) is 23.7 Å². The number of aromatic nitrogens is 3.